The summed E-state index contributed by atoms with van der Waals surface area (Å²) in [4.78, 5) is 75.5. The largest absolute Gasteiger partial charge is 0.427 e. The highest BCUT2D eigenvalue weighted by Gasteiger charge is 2.22. The lowest BCUT2D eigenvalue weighted by atomic mass is 10.0. The minimum absolute atomic E-state index is 0.0211. The molecule has 4 aromatic carbocycles. The summed E-state index contributed by atoms with van der Waals surface area (Å²) in [6.07, 6.45) is 0. The van der Waals surface area contributed by atoms with Gasteiger partial charge in [0.25, 0.3) is 0 Å². The molecule has 1 heterocycles. The molecule has 0 aliphatic heterocycles. The zero-order chi connectivity index (χ0) is 23.6. The van der Waals surface area contributed by atoms with Crippen LogP contribution in [0.2, 0.25) is 0 Å². The second-order valence-electron chi connectivity index (χ2n) is 7.43. The third-order valence-electron chi connectivity index (χ3n) is 5.26. The van der Waals surface area contributed by atoms with Crippen molar-refractivity contribution < 1.29 is 19.1 Å². The summed E-state index contributed by atoms with van der Waals surface area (Å²) >= 11 is 0.772. The number of carbonyl (C=O) groups is 2. The van der Waals surface area contributed by atoms with E-state index >= 15 is 0 Å². The molecular formula is C24H12O8S. The van der Waals surface area contributed by atoms with Gasteiger partial charge in [0.15, 0.2) is 10.9 Å². The van der Waals surface area contributed by atoms with Gasteiger partial charge < -0.3 is 9.47 Å². The van der Waals surface area contributed by atoms with Crippen LogP contribution in [0.15, 0.2) is 55.6 Å². The van der Waals surface area contributed by atoms with Gasteiger partial charge >= 0.3 is 11.9 Å². The van der Waals surface area contributed by atoms with Crippen LogP contribution < -0.4 is 31.2 Å². The van der Waals surface area contributed by atoms with Gasteiger partial charge in [-0.2, -0.15) is 0 Å². The Balaban J connectivity index is 1.94. The quantitative estimate of drug-likeness (QED) is 0.291. The fourth-order valence-electron chi connectivity index (χ4n) is 3.98. The second-order valence-corrected chi connectivity index (χ2v) is 8.45. The van der Waals surface area contributed by atoms with Crippen molar-refractivity contribution in [2.45, 2.75) is 13.8 Å². The molecule has 5 aromatic rings. The zero-order valence-corrected chi connectivity index (χ0v) is 18.0. The first-order valence-electron chi connectivity index (χ1n) is 9.68. The molecule has 1 aromatic heterocycles. The van der Waals surface area contributed by atoms with Crippen molar-refractivity contribution in [3.63, 3.8) is 0 Å². The van der Waals surface area contributed by atoms with Gasteiger partial charge in [-0.15, -0.1) is 11.3 Å². The van der Waals surface area contributed by atoms with E-state index in [0.717, 1.165) is 11.3 Å². The van der Waals surface area contributed by atoms with Gasteiger partial charge in [-0.25, -0.2) is 0 Å². The van der Waals surface area contributed by atoms with Crippen molar-refractivity contribution in [1.82, 2.24) is 0 Å². The van der Waals surface area contributed by atoms with Crippen LogP contribution in [0.5, 0.6) is 11.5 Å². The van der Waals surface area contributed by atoms with Gasteiger partial charge in [-0.05, 0) is 36.4 Å². The molecule has 0 aliphatic carbocycles. The molecule has 0 N–H and O–H groups in total. The maximum absolute atomic E-state index is 13.3. The number of fused-ring (bicyclic) bond motifs is 5. The van der Waals surface area contributed by atoms with Crippen LogP contribution in [-0.2, 0) is 9.59 Å². The lowest BCUT2D eigenvalue weighted by Gasteiger charge is -2.03. The summed E-state index contributed by atoms with van der Waals surface area (Å²) < 4.78 is 9.97. The van der Waals surface area contributed by atoms with Crippen molar-refractivity contribution >= 4 is 65.0 Å². The van der Waals surface area contributed by atoms with Crippen molar-refractivity contribution in [2.75, 3.05) is 0 Å². The Hall–Kier alpha value is -4.24. The van der Waals surface area contributed by atoms with E-state index in [9.17, 15) is 28.8 Å². The molecule has 0 bridgehead atoms. The number of thiophene rings is 1. The molecule has 0 aliphatic rings. The van der Waals surface area contributed by atoms with Crippen molar-refractivity contribution in [2.24, 2.45) is 0 Å². The fourth-order valence-corrected chi connectivity index (χ4v) is 5.18. The lowest BCUT2D eigenvalue weighted by Crippen LogP contribution is -2.15. The average Bonchev–Trinajstić information content (AvgIpc) is 3.16. The number of hydrogen-bond acceptors (Lipinski definition) is 9. The first-order chi connectivity index (χ1) is 15.7. The molecule has 33 heavy (non-hydrogen) atoms. The molecule has 0 atom stereocenters. The highest BCUT2D eigenvalue weighted by molar-refractivity contribution is 7.25. The highest BCUT2D eigenvalue weighted by atomic mass is 32.1. The second kappa shape index (κ2) is 7.14. The van der Waals surface area contributed by atoms with Gasteiger partial charge in [-0.1, -0.05) is 0 Å². The van der Waals surface area contributed by atoms with E-state index in [0.29, 0.717) is 0 Å². The van der Waals surface area contributed by atoms with Crippen LogP contribution >= 0.6 is 11.3 Å². The van der Waals surface area contributed by atoms with E-state index in [1.807, 2.05) is 0 Å². The number of esters is 2. The van der Waals surface area contributed by atoms with Crippen molar-refractivity contribution in [1.29, 1.82) is 0 Å². The van der Waals surface area contributed by atoms with Gasteiger partial charge in [0.05, 0.1) is 20.2 Å². The summed E-state index contributed by atoms with van der Waals surface area (Å²) in [5.41, 5.74) is -2.21. The molecule has 0 amide bonds. The lowest BCUT2D eigenvalue weighted by molar-refractivity contribution is -0.132. The predicted molar refractivity (Wildman–Crippen MR) is 124 cm³/mol. The van der Waals surface area contributed by atoms with Gasteiger partial charge in [0.2, 0.25) is 10.9 Å². The van der Waals surface area contributed by atoms with E-state index in [-0.39, 0.29) is 53.2 Å². The maximum Gasteiger partial charge on any atom is 0.308 e. The van der Waals surface area contributed by atoms with E-state index in [1.165, 1.54) is 50.2 Å². The van der Waals surface area contributed by atoms with E-state index in [2.05, 4.69) is 0 Å². The molecular weight excluding hydrogens is 448 g/mol. The van der Waals surface area contributed by atoms with Crippen LogP contribution in [0.1, 0.15) is 13.8 Å². The van der Waals surface area contributed by atoms with Crippen LogP contribution in [0.25, 0.3) is 41.7 Å². The number of carbonyl (C=O) groups excluding carboxylic acids is 2. The minimum Gasteiger partial charge on any atom is -0.427 e. The molecule has 0 fully saturated rings. The van der Waals surface area contributed by atoms with Crippen molar-refractivity contribution in [3.8, 4) is 11.5 Å². The SMILES string of the molecule is CC(=O)Oc1ccc2c(=O)c3c(sc4c(=O)c5cc(OC(C)=O)ccc5c(=O)c43)c(=O)c2c1. The molecule has 5 rings (SSSR count). The molecule has 0 spiro atoms. The Morgan fingerprint density at radius 3 is 1.36 bits per heavy atom. The Kier molecular flexibility index (Phi) is 4.47. The Bertz CT molecular complexity index is 1770. The molecule has 9 heteroatoms. The molecule has 0 radical (unpaired) electrons. The third kappa shape index (κ3) is 3.05. The van der Waals surface area contributed by atoms with Gasteiger partial charge in [0, 0.05) is 35.4 Å². The molecule has 8 nitrogen and oxygen atoms in total. The number of benzene rings is 4. The number of hydrogen-bond donors (Lipinski definition) is 0. The van der Waals surface area contributed by atoms with Gasteiger partial charge in [-0.3, -0.25) is 28.8 Å². The molecule has 162 valence electrons. The summed E-state index contributed by atoms with van der Waals surface area (Å²) in [5.74, 6) is -0.966. The fraction of sp³-hybridized carbons (Fsp3) is 0.0833. The van der Waals surface area contributed by atoms with E-state index in [4.69, 9.17) is 9.47 Å². The molecule has 0 unspecified atom stereocenters. The van der Waals surface area contributed by atoms with E-state index in [1.54, 1.807) is 0 Å². The van der Waals surface area contributed by atoms with Crippen LogP contribution in [-0.4, -0.2) is 11.9 Å². The molecule has 0 saturated carbocycles. The number of ether oxygens (including phenoxy) is 2. The van der Waals surface area contributed by atoms with Crippen LogP contribution in [0.3, 0.4) is 0 Å². The summed E-state index contributed by atoms with van der Waals surface area (Å²) in [7, 11) is 0. The normalized spacial score (nSPS) is 11.5. The Morgan fingerprint density at radius 2 is 1.00 bits per heavy atom. The summed E-state index contributed by atoms with van der Waals surface area (Å²) in [5, 5.41) is -0.0269. The minimum atomic E-state index is -0.584. The predicted octanol–water partition coefficient (Wildman–Crippen LogP) is 2.53. The van der Waals surface area contributed by atoms with Gasteiger partial charge in [0.1, 0.15) is 11.5 Å². The summed E-state index contributed by atoms with van der Waals surface area (Å²) in [6, 6.07) is 8.07. The first-order valence-corrected chi connectivity index (χ1v) is 10.5. The highest BCUT2D eigenvalue weighted by Crippen LogP contribution is 2.30. The number of rotatable bonds is 2. The third-order valence-corrected chi connectivity index (χ3v) is 6.45. The zero-order valence-electron chi connectivity index (χ0n) is 17.1. The Morgan fingerprint density at radius 1 is 0.606 bits per heavy atom. The molecule has 0 saturated heterocycles. The topological polar surface area (TPSA) is 121 Å². The monoisotopic (exact) mass is 460 g/mol. The van der Waals surface area contributed by atoms with Crippen LogP contribution in [0.4, 0.5) is 0 Å². The maximum atomic E-state index is 13.3. The Labute approximate surface area is 186 Å². The van der Waals surface area contributed by atoms with Crippen molar-refractivity contribution in [3.05, 3.63) is 77.3 Å². The van der Waals surface area contributed by atoms with E-state index < -0.39 is 33.7 Å². The summed E-state index contributed by atoms with van der Waals surface area (Å²) in [6.45, 7) is 2.42. The standard InChI is InChI=1S/C24H12O8S/c1-9(25)31-11-3-5-13-15(7-11)21(29)23-17(19(13)27)18-20(28)14-6-4-12(32-10(2)26)8-16(14)22(30)24(18)33-23/h3-8H,1-2H3. The average molecular weight is 460 g/mol. The first kappa shape index (κ1) is 20.7. The van der Waals surface area contributed by atoms with Crippen LogP contribution in [0, 0.1) is 0 Å². The smallest absolute Gasteiger partial charge is 0.308 e.